The van der Waals surface area contributed by atoms with Gasteiger partial charge in [0.25, 0.3) is 30.4 Å². The molecule has 9 nitrogen and oxygen atoms in total. The van der Waals surface area contributed by atoms with Crippen LogP contribution in [-0.2, 0) is 30.4 Å². The van der Waals surface area contributed by atoms with Crippen molar-refractivity contribution in [3.8, 4) is 0 Å². The first-order valence-electron chi connectivity index (χ1n) is 8.76. The van der Waals surface area contributed by atoms with Crippen molar-refractivity contribution in [2.45, 2.75) is 14.7 Å². The third-order valence-corrected chi connectivity index (χ3v) is 12.1. The van der Waals surface area contributed by atoms with Gasteiger partial charge in [-0.15, -0.1) is 0 Å². The molecule has 0 heterocycles. The minimum Gasteiger partial charge on any atom is -0.282 e. The third kappa shape index (κ3) is 4.48. The van der Waals surface area contributed by atoms with E-state index in [9.17, 15) is 38.9 Å². The summed E-state index contributed by atoms with van der Waals surface area (Å²) in [5.74, 6) is 0. The Morgan fingerprint density at radius 1 is 0.500 bits per heavy atom. The van der Waals surface area contributed by atoms with Crippen molar-refractivity contribution in [3.63, 3.8) is 0 Å². The second kappa shape index (κ2) is 8.31. The minimum atomic E-state index is -4.83. The summed E-state index contributed by atoms with van der Waals surface area (Å²) in [7, 11) is -18.0. The maximum absolute atomic E-state index is 12.2. The fourth-order valence-electron chi connectivity index (χ4n) is 3.52. The van der Waals surface area contributed by atoms with E-state index in [0.29, 0.717) is 0 Å². The Morgan fingerprint density at radius 3 is 0.938 bits per heavy atom. The summed E-state index contributed by atoms with van der Waals surface area (Å²) in [6.45, 7) is 1.44. The molecule has 0 amide bonds. The van der Waals surface area contributed by atoms with Gasteiger partial charge in [0.2, 0.25) is 0 Å². The van der Waals surface area contributed by atoms with Crippen molar-refractivity contribution in [1.82, 2.24) is 0 Å². The van der Waals surface area contributed by atoms with Gasteiger partial charge in [0.05, 0.1) is 6.66 Å². The predicted molar refractivity (Wildman–Crippen MR) is 121 cm³/mol. The molecule has 0 spiro atoms. The Kier molecular flexibility index (Phi) is 6.35. The van der Waals surface area contributed by atoms with E-state index in [4.69, 9.17) is 0 Å². The van der Waals surface area contributed by atoms with Crippen LogP contribution in [0.25, 0.3) is 0 Å². The van der Waals surface area contributed by atoms with Crippen LogP contribution in [0.5, 0.6) is 0 Å². The summed E-state index contributed by atoms with van der Waals surface area (Å²) < 4.78 is 103. The highest BCUT2D eigenvalue weighted by Crippen LogP contribution is 2.55. The highest BCUT2D eigenvalue weighted by molar-refractivity contribution is 7.98. The monoisotopic (exact) mass is 517 g/mol. The Bertz CT molecular complexity index is 1330. The van der Waals surface area contributed by atoms with Crippen LogP contribution in [0.15, 0.2) is 87.5 Å². The van der Waals surface area contributed by atoms with Gasteiger partial charge in [0.15, 0.2) is 0 Å². The fraction of sp³-hybridized carbons (Fsp3) is 0.0526. The summed E-state index contributed by atoms with van der Waals surface area (Å²) in [5, 5.41) is -0.223. The fourth-order valence-corrected chi connectivity index (χ4v) is 11.4. The quantitative estimate of drug-likeness (QED) is 0.323. The first kappa shape index (κ1) is 24.5. The summed E-state index contributed by atoms with van der Waals surface area (Å²) in [5.41, 5.74) is 0. The smallest absolute Gasteiger partial charge is 0.282 e. The molecular weight excluding hydrogens is 499 g/mol. The molecule has 0 aliphatic carbocycles. The van der Waals surface area contributed by atoms with Crippen LogP contribution in [0.3, 0.4) is 0 Å². The van der Waals surface area contributed by atoms with E-state index in [2.05, 4.69) is 0 Å². The molecule has 0 saturated carbocycles. The Morgan fingerprint density at radius 2 is 0.719 bits per heavy atom. The molecule has 0 atom stereocenters. The molecule has 170 valence electrons. The Hall–Kier alpha value is -2.18. The van der Waals surface area contributed by atoms with Crippen molar-refractivity contribution < 1.29 is 38.9 Å². The second-order valence-corrected chi connectivity index (χ2v) is 14.5. The highest BCUT2D eigenvalue weighted by Gasteiger charge is 2.49. The zero-order valence-electron chi connectivity index (χ0n) is 16.4. The first-order valence-corrected chi connectivity index (χ1v) is 15.3. The number of rotatable bonds is 6. The lowest BCUT2D eigenvalue weighted by molar-refractivity contribution is 0.482. The lowest BCUT2D eigenvalue weighted by Crippen LogP contribution is -2.37. The van der Waals surface area contributed by atoms with E-state index in [1.807, 2.05) is 0 Å². The van der Waals surface area contributed by atoms with Crippen molar-refractivity contribution in [2.75, 3.05) is 6.66 Å². The van der Waals surface area contributed by atoms with Crippen LogP contribution >= 0.6 is 7.26 Å². The lowest BCUT2D eigenvalue weighted by atomic mass is 10.3. The zero-order valence-corrected chi connectivity index (χ0v) is 19.7. The summed E-state index contributed by atoms with van der Waals surface area (Å²) in [4.78, 5) is -1.69. The summed E-state index contributed by atoms with van der Waals surface area (Å²) in [6.07, 6.45) is 0. The summed E-state index contributed by atoms with van der Waals surface area (Å²) >= 11 is 0. The van der Waals surface area contributed by atoms with E-state index < -0.39 is 52.3 Å². The SMILES string of the molecule is C[P+](c1ccccc1S(=O)(=O)O)(c1ccccc1S(=O)(=O)O)c1ccccc1S(=O)(=O)O. The van der Waals surface area contributed by atoms with Crippen LogP contribution in [0, 0.1) is 0 Å². The molecule has 0 unspecified atom stereocenters. The Labute approximate surface area is 186 Å². The molecule has 0 radical (unpaired) electrons. The minimum absolute atomic E-state index is 0.0744. The highest BCUT2D eigenvalue weighted by atomic mass is 32.2. The van der Waals surface area contributed by atoms with Crippen LogP contribution < -0.4 is 15.9 Å². The van der Waals surface area contributed by atoms with E-state index >= 15 is 0 Å². The van der Waals surface area contributed by atoms with Gasteiger partial charge in [-0.2, -0.15) is 25.3 Å². The first-order chi connectivity index (χ1) is 14.7. The molecule has 0 aliphatic heterocycles. The number of benzene rings is 3. The molecule has 3 aromatic rings. The summed E-state index contributed by atoms with van der Waals surface area (Å²) in [6, 6.07) is 15.5. The molecule has 3 aromatic carbocycles. The topological polar surface area (TPSA) is 163 Å². The van der Waals surface area contributed by atoms with Gasteiger partial charge in [-0.3, -0.25) is 13.7 Å². The molecule has 0 aliphatic rings. The molecule has 0 fully saturated rings. The molecule has 13 heteroatoms. The normalized spacial score (nSPS) is 13.1. The Balaban J connectivity index is 2.63. The van der Waals surface area contributed by atoms with E-state index in [0.717, 1.165) is 18.2 Å². The second-order valence-electron chi connectivity index (χ2n) is 6.83. The average Bonchev–Trinajstić information content (AvgIpc) is 2.71. The van der Waals surface area contributed by atoms with E-state index in [1.165, 1.54) is 61.3 Å². The molecule has 3 N–H and O–H groups in total. The molecular formula is C19H18O9PS3+. The van der Waals surface area contributed by atoms with Gasteiger partial charge in [0.1, 0.15) is 37.9 Å². The molecule has 0 saturated heterocycles. The van der Waals surface area contributed by atoms with Gasteiger partial charge < -0.3 is 0 Å². The van der Waals surface area contributed by atoms with Crippen LogP contribution in [0.2, 0.25) is 0 Å². The van der Waals surface area contributed by atoms with Gasteiger partial charge in [-0.05, 0) is 36.4 Å². The van der Waals surface area contributed by atoms with E-state index in [-0.39, 0.29) is 15.9 Å². The molecule has 0 bridgehead atoms. The molecule has 32 heavy (non-hydrogen) atoms. The third-order valence-electron chi connectivity index (χ3n) is 4.87. The van der Waals surface area contributed by atoms with Gasteiger partial charge >= 0.3 is 0 Å². The maximum Gasteiger partial charge on any atom is 0.298 e. The number of hydrogen-bond donors (Lipinski definition) is 3. The van der Waals surface area contributed by atoms with Gasteiger partial charge in [-0.25, -0.2) is 0 Å². The maximum atomic E-state index is 12.2. The standard InChI is InChI=1S/C19H17O9PS3/c1-29(14-8-2-5-11-17(14)30(20,21)22,15-9-3-6-12-18(15)31(23,24)25)16-10-4-7-13-19(16)32(26,27)28/h2-13H,1H3,(H2-,20,21,22,23,24,25,26,27,28)/p+1. The number of hydrogen-bond acceptors (Lipinski definition) is 6. The van der Waals surface area contributed by atoms with Gasteiger partial charge in [-0.1, -0.05) is 36.4 Å². The predicted octanol–water partition coefficient (Wildman–Crippen LogP) is 1.35. The molecule has 0 aromatic heterocycles. The average molecular weight is 518 g/mol. The zero-order chi connectivity index (χ0) is 23.9. The van der Waals surface area contributed by atoms with Crippen LogP contribution in [-0.4, -0.2) is 45.6 Å². The van der Waals surface area contributed by atoms with Crippen molar-refractivity contribution >= 4 is 53.5 Å². The van der Waals surface area contributed by atoms with Crippen LogP contribution in [0.4, 0.5) is 0 Å². The lowest BCUT2D eigenvalue weighted by Gasteiger charge is -2.26. The molecule has 3 rings (SSSR count). The van der Waals surface area contributed by atoms with Gasteiger partial charge in [0, 0.05) is 0 Å². The largest absolute Gasteiger partial charge is 0.298 e. The van der Waals surface area contributed by atoms with Crippen molar-refractivity contribution in [1.29, 1.82) is 0 Å². The van der Waals surface area contributed by atoms with Crippen molar-refractivity contribution in [3.05, 3.63) is 72.8 Å². The van der Waals surface area contributed by atoms with Crippen LogP contribution in [0.1, 0.15) is 0 Å². The van der Waals surface area contributed by atoms with E-state index in [1.54, 1.807) is 0 Å². The van der Waals surface area contributed by atoms with Crippen molar-refractivity contribution in [2.24, 2.45) is 0 Å².